The molecule has 1 heterocycles. The van der Waals surface area contributed by atoms with Crippen molar-refractivity contribution in [3.8, 4) is 0 Å². The van der Waals surface area contributed by atoms with Crippen LogP contribution in [0.25, 0.3) is 0 Å². The second-order valence-electron chi connectivity index (χ2n) is 16.1. The highest BCUT2D eigenvalue weighted by molar-refractivity contribution is 5.15. The molecule has 0 amide bonds. The van der Waals surface area contributed by atoms with Gasteiger partial charge in [-0.25, -0.2) is 0 Å². The van der Waals surface area contributed by atoms with Crippen LogP contribution >= 0.6 is 0 Å². The molecular formula is C46H60O7. The number of rotatable bonds is 22. The smallest absolute Gasteiger partial charge is 0.187 e. The van der Waals surface area contributed by atoms with Gasteiger partial charge in [0.05, 0.1) is 39.6 Å². The average Bonchev–Trinajstić information content (AvgIpc) is 3.18. The third-order valence-corrected chi connectivity index (χ3v) is 11.8. The van der Waals surface area contributed by atoms with Gasteiger partial charge in [0.25, 0.3) is 0 Å². The van der Waals surface area contributed by atoms with Gasteiger partial charge in [0.15, 0.2) is 6.29 Å². The van der Waals surface area contributed by atoms with Crippen LogP contribution in [0.1, 0.15) is 74.5 Å². The normalized spacial score (nSPS) is 30.4. The molecule has 4 saturated carbocycles. The van der Waals surface area contributed by atoms with E-state index in [1.165, 1.54) is 38.5 Å². The summed E-state index contributed by atoms with van der Waals surface area (Å²) in [6.45, 7) is 8.14. The van der Waals surface area contributed by atoms with Crippen molar-refractivity contribution in [2.24, 2.45) is 23.2 Å². The highest BCUT2D eigenvalue weighted by Crippen LogP contribution is 2.60. The van der Waals surface area contributed by atoms with E-state index in [0.717, 1.165) is 66.9 Å². The summed E-state index contributed by atoms with van der Waals surface area (Å²) in [5, 5.41) is 0. The summed E-state index contributed by atoms with van der Waals surface area (Å²) in [5.41, 5.74) is 3.71. The molecule has 0 radical (unpaired) electrons. The molecule has 8 rings (SSSR count). The fraction of sp³-hybridized carbons (Fsp3) is 0.565. The van der Waals surface area contributed by atoms with E-state index in [9.17, 15) is 0 Å². The quantitative estimate of drug-likeness (QED) is 0.0757. The fourth-order valence-electron chi connectivity index (χ4n) is 9.74. The highest BCUT2D eigenvalue weighted by Gasteiger charge is 2.51. The summed E-state index contributed by atoms with van der Waals surface area (Å²) in [4.78, 5) is 0. The van der Waals surface area contributed by atoms with E-state index in [1.54, 1.807) is 6.08 Å². The largest absolute Gasteiger partial charge is 0.381 e. The molecule has 7 heteroatoms. The highest BCUT2D eigenvalue weighted by atomic mass is 16.7. The predicted molar refractivity (Wildman–Crippen MR) is 206 cm³/mol. The standard InChI is InChI=1S/C46H60O7/c1-2-21-50-45-44(52-32-37-19-11-5-12-20-37)43(49-23-14-6-13-22-47-34-46-27-38-24-39(28-46)26-40(25-38)29-46)42(51-31-36-17-9-4-10-18-36)41(53-45)33-48-30-35-15-7-3-8-16-35/h2-5,7-12,15-20,38-45H,1,6,13-14,21-34H2/t38?,39?,40?,41-,42-,43+,44-,45?,46?/m1/s1. The Bertz CT molecular complexity index is 1450. The molecule has 1 aliphatic heterocycles. The van der Waals surface area contributed by atoms with E-state index in [1.807, 2.05) is 54.6 Å². The van der Waals surface area contributed by atoms with Crippen LogP contribution in [0, 0.1) is 23.2 Å². The number of ether oxygens (including phenoxy) is 7. The lowest BCUT2D eigenvalue weighted by Gasteiger charge is -2.56. The van der Waals surface area contributed by atoms with Crippen LogP contribution in [0.4, 0.5) is 0 Å². The van der Waals surface area contributed by atoms with Crippen LogP contribution in [0.15, 0.2) is 104 Å². The molecule has 1 saturated heterocycles. The molecule has 3 aromatic carbocycles. The zero-order valence-electron chi connectivity index (χ0n) is 31.4. The average molecular weight is 725 g/mol. The van der Waals surface area contributed by atoms with Gasteiger partial charge in [0.1, 0.15) is 24.4 Å². The number of unbranched alkanes of at least 4 members (excludes halogenated alkanes) is 2. The lowest BCUT2D eigenvalue weighted by molar-refractivity contribution is -0.325. The van der Waals surface area contributed by atoms with Crippen LogP contribution < -0.4 is 0 Å². The molecule has 4 bridgehead atoms. The van der Waals surface area contributed by atoms with Gasteiger partial charge in [-0.05, 0) is 97.6 Å². The molecule has 0 aromatic heterocycles. The van der Waals surface area contributed by atoms with Gasteiger partial charge in [-0.3, -0.25) is 0 Å². The number of benzene rings is 3. The van der Waals surface area contributed by atoms with Gasteiger partial charge >= 0.3 is 0 Å². The topological polar surface area (TPSA) is 64.6 Å². The first-order valence-corrected chi connectivity index (χ1v) is 20.2. The van der Waals surface area contributed by atoms with Crippen molar-refractivity contribution in [3.05, 3.63) is 120 Å². The summed E-state index contributed by atoms with van der Waals surface area (Å²) in [6.07, 6.45) is 10.8. The van der Waals surface area contributed by atoms with E-state index in [-0.39, 0.29) is 0 Å². The van der Waals surface area contributed by atoms with Gasteiger partial charge in [0.2, 0.25) is 0 Å². The Hall–Kier alpha value is -2.88. The first-order valence-electron chi connectivity index (χ1n) is 20.2. The minimum atomic E-state index is -0.693. The Morgan fingerprint density at radius 1 is 0.585 bits per heavy atom. The fourth-order valence-corrected chi connectivity index (χ4v) is 9.74. The molecule has 53 heavy (non-hydrogen) atoms. The van der Waals surface area contributed by atoms with Crippen molar-refractivity contribution in [3.63, 3.8) is 0 Å². The van der Waals surface area contributed by atoms with E-state index in [0.29, 0.717) is 45.1 Å². The lowest BCUT2D eigenvalue weighted by atomic mass is 9.50. The molecule has 4 aliphatic carbocycles. The summed E-state index contributed by atoms with van der Waals surface area (Å²) in [5.74, 6) is 2.89. The van der Waals surface area contributed by atoms with Crippen molar-refractivity contribution in [2.75, 3.05) is 33.0 Å². The molecule has 5 aliphatic rings. The minimum absolute atomic E-state index is 0.314. The van der Waals surface area contributed by atoms with Crippen molar-refractivity contribution in [1.29, 1.82) is 0 Å². The second-order valence-corrected chi connectivity index (χ2v) is 16.1. The van der Waals surface area contributed by atoms with Crippen molar-refractivity contribution < 1.29 is 33.2 Å². The van der Waals surface area contributed by atoms with Gasteiger partial charge in [-0.15, -0.1) is 6.58 Å². The molecule has 5 atom stereocenters. The zero-order valence-corrected chi connectivity index (χ0v) is 31.4. The van der Waals surface area contributed by atoms with Crippen LogP contribution in [-0.2, 0) is 53.0 Å². The first kappa shape index (κ1) is 38.4. The Balaban J connectivity index is 0.995. The van der Waals surface area contributed by atoms with Crippen molar-refractivity contribution >= 4 is 0 Å². The van der Waals surface area contributed by atoms with Gasteiger partial charge in [-0.2, -0.15) is 0 Å². The Morgan fingerprint density at radius 2 is 1.13 bits per heavy atom. The van der Waals surface area contributed by atoms with Gasteiger partial charge in [0, 0.05) is 13.2 Å². The van der Waals surface area contributed by atoms with Crippen LogP contribution in [0.5, 0.6) is 0 Å². The third-order valence-electron chi connectivity index (χ3n) is 11.8. The molecule has 3 aromatic rings. The van der Waals surface area contributed by atoms with Gasteiger partial charge < -0.3 is 33.2 Å². The molecule has 286 valence electrons. The molecule has 0 spiro atoms. The maximum atomic E-state index is 6.83. The first-order chi connectivity index (χ1) is 26.2. The van der Waals surface area contributed by atoms with E-state index in [2.05, 4.69) is 43.0 Å². The monoisotopic (exact) mass is 724 g/mol. The maximum Gasteiger partial charge on any atom is 0.187 e. The molecule has 5 fully saturated rings. The van der Waals surface area contributed by atoms with E-state index >= 15 is 0 Å². The van der Waals surface area contributed by atoms with E-state index in [4.69, 9.17) is 33.2 Å². The molecule has 0 N–H and O–H groups in total. The van der Waals surface area contributed by atoms with E-state index < -0.39 is 30.7 Å². The zero-order chi connectivity index (χ0) is 36.1. The Kier molecular flexibility index (Phi) is 14.2. The Labute approximate surface area is 317 Å². The van der Waals surface area contributed by atoms with Crippen LogP contribution in [0.2, 0.25) is 0 Å². The predicted octanol–water partition coefficient (Wildman–Crippen LogP) is 9.09. The number of hydrogen-bond donors (Lipinski definition) is 0. The maximum absolute atomic E-state index is 6.83. The summed E-state index contributed by atoms with van der Waals surface area (Å²) in [6, 6.07) is 30.6. The molecule has 1 unspecified atom stereocenters. The minimum Gasteiger partial charge on any atom is -0.381 e. The van der Waals surface area contributed by atoms with Crippen molar-refractivity contribution in [2.45, 2.75) is 108 Å². The Morgan fingerprint density at radius 3 is 1.72 bits per heavy atom. The lowest BCUT2D eigenvalue weighted by Crippen LogP contribution is -2.62. The third kappa shape index (κ3) is 10.9. The second kappa shape index (κ2) is 19.6. The summed E-state index contributed by atoms with van der Waals surface area (Å²) < 4.78 is 45.8. The van der Waals surface area contributed by atoms with Gasteiger partial charge in [-0.1, -0.05) is 97.1 Å². The molecular weight excluding hydrogens is 664 g/mol. The van der Waals surface area contributed by atoms with Crippen molar-refractivity contribution in [1.82, 2.24) is 0 Å². The van der Waals surface area contributed by atoms with Crippen LogP contribution in [0.3, 0.4) is 0 Å². The summed E-state index contributed by atoms with van der Waals surface area (Å²) >= 11 is 0. The molecule has 7 nitrogen and oxygen atoms in total. The van der Waals surface area contributed by atoms with Crippen LogP contribution in [-0.4, -0.2) is 63.7 Å². The summed E-state index contributed by atoms with van der Waals surface area (Å²) in [7, 11) is 0. The number of hydrogen-bond acceptors (Lipinski definition) is 7. The SMILES string of the molecule is C=CCOC1O[C@H](COCc2ccccc2)[C@@H](OCc2ccccc2)[C@H](OCCCCCOCC23CC4CC(CC(C4)C2)C3)[C@H]1OCc1ccccc1.